The van der Waals surface area contributed by atoms with Gasteiger partial charge in [-0.3, -0.25) is 4.90 Å². The fourth-order valence-electron chi connectivity index (χ4n) is 7.20. The minimum atomic E-state index is -0.820. The quantitative estimate of drug-likeness (QED) is 0.131. The Morgan fingerprint density at radius 3 is 2.33 bits per heavy atom. The highest BCUT2D eigenvalue weighted by Crippen LogP contribution is 2.43. The van der Waals surface area contributed by atoms with Crippen LogP contribution in [-0.4, -0.2) is 72.1 Å². The largest absolute Gasteiger partial charge is 0.467 e. The van der Waals surface area contributed by atoms with Crippen molar-refractivity contribution in [2.75, 3.05) is 26.8 Å². The lowest BCUT2D eigenvalue weighted by Gasteiger charge is -2.43. The predicted octanol–water partition coefficient (Wildman–Crippen LogP) is 5.68. The minimum absolute atomic E-state index is 0.0188. The molecule has 0 aromatic heterocycles. The number of methoxy groups -OCH3 is 1. The molecule has 2 amide bonds. The van der Waals surface area contributed by atoms with Crippen molar-refractivity contribution in [1.82, 2.24) is 15.5 Å². The third-order valence-electron chi connectivity index (χ3n) is 10.2. The van der Waals surface area contributed by atoms with Crippen LogP contribution in [0.25, 0.3) is 11.1 Å². The number of nitrogens with one attached hydrogen (secondary N) is 2. The number of aliphatic hydroxyl groups is 2. The zero-order valence-electron chi connectivity index (χ0n) is 29.8. The second kappa shape index (κ2) is 17.8. The van der Waals surface area contributed by atoms with Gasteiger partial charge in [-0.05, 0) is 64.9 Å². The first kappa shape index (κ1) is 37.2. The number of amides is 2. The number of hydrogen-bond donors (Lipinski definition) is 4. The Balaban J connectivity index is 1.16. The molecule has 0 spiro atoms. The molecule has 0 bridgehead atoms. The number of hydrogen-bond acceptors (Lipinski definition) is 8. The van der Waals surface area contributed by atoms with E-state index in [9.17, 15) is 19.8 Å². The highest BCUT2D eigenvalue weighted by atomic mass is 16.7. The summed E-state index contributed by atoms with van der Waals surface area (Å²) in [4.78, 5) is 27.6. The Morgan fingerprint density at radius 2 is 1.60 bits per heavy atom. The third kappa shape index (κ3) is 9.25. The molecule has 2 aliphatic heterocycles. The molecule has 2 aliphatic rings. The smallest absolute Gasteiger partial charge is 0.328 e. The van der Waals surface area contributed by atoms with Crippen LogP contribution in [0.3, 0.4) is 0 Å². The second-order valence-electron chi connectivity index (χ2n) is 13.7. The number of ether oxygens (including phenoxy) is 3. The van der Waals surface area contributed by atoms with Gasteiger partial charge in [0.15, 0.2) is 6.29 Å². The lowest BCUT2D eigenvalue weighted by Crippen LogP contribution is -2.47. The summed E-state index contributed by atoms with van der Waals surface area (Å²) >= 11 is 0. The fraction of sp³-hybridized carbons (Fsp3) is 0.381. The molecule has 2 fully saturated rings. The van der Waals surface area contributed by atoms with Crippen LogP contribution >= 0.6 is 0 Å². The number of nitrogens with zero attached hydrogens (tertiary/aromatic N) is 1. The van der Waals surface area contributed by atoms with E-state index in [4.69, 9.17) is 14.2 Å². The summed E-state index contributed by atoms with van der Waals surface area (Å²) in [5, 5.41) is 25.2. The van der Waals surface area contributed by atoms with Crippen LogP contribution in [0.2, 0.25) is 0 Å². The molecule has 10 heteroatoms. The predicted molar refractivity (Wildman–Crippen MR) is 198 cm³/mol. The minimum Gasteiger partial charge on any atom is -0.467 e. The molecule has 6 atom stereocenters. The fourth-order valence-corrected chi connectivity index (χ4v) is 7.20. The number of carbonyl (C=O) groups is 2. The average molecular weight is 708 g/mol. The molecule has 0 unspecified atom stereocenters. The number of likely N-dealkylation sites (tertiary alicyclic amines) is 1. The van der Waals surface area contributed by atoms with Crippen molar-refractivity contribution < 1.29 is 34.0 Å². The summed E-state index contributed by atoms with van der Waals surface area (Å²) < 4.78 is 18.4. The Labute approximate surface area is 305 Å². The van der Waals surface area contributed by atoms with Crippen LogP contribution in [0.5, 0.6) is 0 Å². The van der Waals surface area contributed by atoms with Crippen LogP contribution in [0.4, 0.5) is 4.79 Å². The average Bonchev–Trinajstić information content (AvgIpc) is 3.65. The topological polar surface area (TPSA) is 130 Å². The van der Waals surface area contributed by atoms with Crippen LogP contribution < -0.4 is 10.6 Å². The zero-order valence-corrected chi connectivity index (χ0v) is 29.8. The maximum atomic E-state index is 12.9. The molecule has 6 rings (SSSR count). The van der Waals surface area contributed by atoms with E-state index in [0.717, 1.165) is 58.3 Å². The lowest BCUT2D eigenvalue weighted by molar-refractivity contribution is -0.276. The molecule has 52 heavy (non-hydrogen) atoms. The van der Waals surface area contributed by atoms with Crippen LogP contribution in [-0.2, 0) is 38.6 Å². The molecule has 0 radical (unpaired) electrons. The van der Waals surface area contributed by atoms with E-state index in [-0.39, 0.29) is 43.9 Å². The van der Waals surface area contributed by atoms with Crippen LogP contribution in [0.15, 0.2) is 103 Å². The summed E-state index contributed by atoms with van der Waals surface area (Å²) in [5.41, 5.74) is 6.52. The number of esters is 1. The molecule has 274 valence electrons. The Morgan fingerprint density at radius 1 is 0.865 bits per heavy atom. The van der Waals surface area contributed by atoms with Crippen molar-refractivity contribution in [3.8, 4) is 11.1 Å². The van der Waals surface area contributed by atoms with Gasteiger partial charge in [0.25, 0.3) is 0 Å². The maximum Gasteiger partial charge on any atom is 0.328 e. The molecule has 4 aromatic carbocycles. The highest BCUT2D eigenvalue weighted by molar-refractivity contribution is 5.83. The van der Waals surface area contributed by atoms with Crippen molar-refractivity contribution in [2.45, 2.75) is 69.9 Å². The van der Waals surface area contributed by atoms with E-state index in [1.807, 2.05) is 97.1 Å². The first-order valence-corrected chi connectivity index (χ1v) is 18.1. The molecule has 0 aliphatic carbocycles. The van der Waals surface area contributed by atoms with E-state index < -0.39 is 24.3 Å². The summed E-state index contributed by atoms with van der Waals surface area (Å²) in [7, 11) is 1.31. The van der Waals surface area contributed by atoms with Crippen LogP contribution in [0.1, 0.15) is 60.0 Å². The van der Waals surface area contributed by atoms with Gasteiger partial charge in [-0.15, -0.1) is 0 Å². The molecular weight excluding hydrogens is 658 g/mol. The molecule has 2 saturated heterocycles. The van der Waals surface area contributed by atoms with Gasteiger partial charge in [-0.1, -0.05) is 97.9 Å². The summed E-state index contributed by atoms with van der Waals surface area (Å²) in [6.07, 6.45) is 1.37. The van der Waals surface area contributed by atoms with Crippen LogP contribution in [0, 0.1) is 5.92 Å². The first-order chi connectivity index (χ1) is 25.3. The molecule has 4 aromatic rings. The second-order valence-corrected chi connectivity index (χ2v) is 13.7. The first-order valence-electron chi connectivity index (χ1n) is 18.1. The van der Waals surface area contributed by atoms with E-state index in [2.05, 4.69) is 28.5 Å². The van der Waals surface area contributed by atoms with Gasteiger partial charge in [0.2, 0.25) is 0 Å². The molecule has 0 saturated carbocycles. The Kier molecular flexibility index (Phi) is 12.7. The lowest BCUT2D eigenvalue weighted by atomic mass is 9.89. The summed E-state index contributed by atoms with van der Waals surface area (Å²) in [5.74, 6) is -0.467. The summed E-state index contributed by atoms with van der Waals surface area (Å²) in [6.45, 7) is 4.17. The van der Waals surface area contributed by atoms with E-state index in [1.54, 1.807) is 0 Å². The maximum absolute atomic E-state index is 12.9. The van der Waals surface area contributed by atoms with Crippen molar-refractivity contribution in [1.29, 1.82) is 0 Å². The Hall–Kier alpha value is -4.58. The monoisotopic (exact) mass is 707 g/mol. The molecular formula is C42H49N3O7. The molecule has 4 N–H and O–H groups in total. The van der Waals surface area contributed by atoms with Gasteiger partial charge in [0.05, 0.1) is 32.5 Å². The standard InChI is InChI=1S/C42H49N3O7/c1-28-38(25-45-20-8-15-36(45)27-47)51-41(52-39(28)32-18-16-30(26-46)17-19-32)35-14-7-13-34(23-35)33-12-6-11-31(21-33)24-43-42(49)44-37(40(48)50-2)22-29-9-4-3-5-10-29/h3-7,9-14,16-19,21,23,28,36-39,41,46-47H,8,15,20,22,24-27H2,1-2H3,(H2,43,44,49)/t28-,36+,37+,38+,39+,41+/m1/s1. The summed E-state index contributed by atoms with van der Waals surface area (Å²) in [6, 6.07) is 32.3. The van der Waals surface area contributed by atoms with Gasteiger partial charge >= 0.3 is 12.0 Å². The van der Waals surface area contributed by atoms with E-state index in [1.165, 1.54) is 7.11 Å². The number of carbonyl (C=O) groups excluding carboxylic acids is 2. The Bertz CT molecular complexity index is 1770. The van der Waals surface area contributed by atoms with Gasteiger partial charge < -0.3 is 35.1 Å². The molecule has 2 heterocycles. The van der Waals surface area contributed by atoms with Gasteiger partial charge in [-0.2, -0.15) is 0 Å². The van der Waals surface area contributed by atoms with Crippen molar-refractivity contribution >= 4 is 12.0 Å². The highest BCUT2D eigenvalue weighted by Gasteiger charge is 2.40. The number of rotatable bonds is 13. The third-order valence-corrected chi connectivity index (χ3v) is 10.2. The number of aliphatic hydroxyl groups excluding tert-OH is 2. The van der Waals surface area contributed by atoms with E-state index >= 15 is 0 Å². The zero-order chi connectivity index (χ0) is 36.5. The van der Waals surface area contributed by atoms with Crippen molar-refractivity contribution in [2.24, 2.45) is 5.92 Å². The van der Waals surface area contributed by atoms with Gasteiger partial charge in [0.1, 0.15) is 6.04 Å². The van der Waals surface area contributed by atoms with Gasteiger partial charge in [-0.25, -0.2) is 9.59 Å². The number of benzene rings is 4. The van der Waals surface area contributed by atoms with Gasteiger partial charge in [0, 0.05) is 37.0 Å². The normalized spacial score (nSPS) is 22.4. The molecule has 10 nitrogen and oxygen atoms in total. The van der Waals surface area contributed by atoms with E-state index in [0.29, 0.717) is 13.0 Å². The van der Waals surface area contributed by atoms with Crippen molar-refractivity contribution in [3.05, 3.63) is 131 Å². The SMILES string of the molecule is COC(=O)[C@H](Cc1ccccc1)NC(=O)NCc1cccc(-c2cccc([C@H]3O[C@@H](CN4CCC[C@H]4CO)[C@@H](C)[C@@H](c4ccc(CO)cc4)O3)c2)c1. The van der Waals surface area contributed by atoms with Crippen molar-refractivity contribution in [3.63, 3.8) is 0 Å². The number of urea groups is 1.